The van der Waals surface area contributed by atoms with E-state index in [1.54, 1.807) is 0 Å². The number of hydrogen-bond donors (Lipinski definition) is 1. The molecule has 5 heteroatoms. The van der Waals surface area contributed by atoms with Gasteiger partial charge in [0.1, 0.15) is 6.61 Å². The van der Waals surface area contributed by atoms with Gasteiger partial charge in [0.2, 0.25) is 0 Å². The van der Waals surface area contributed by atoms with E-state index in [1.807, 2.05) is 0 Å². The molecule has 0 saturated carbocycles. The monoisotopic (exact) mass is 725 g/mol. The summed E-state index contributed by atoms with van der Waals surface area (Å²) in [6.07, 6.45) is 56.9. The molecule has 0 amide bonds. The number of allylic oxidation sites excluding steroid dienone is 12. The van der Waals surface area contributed by atoms with Crippen molar-refractivity contribution in [2.24, 2.45) is 0 Å². The second kappa shape index (κ2) is 42.8. The SMILES string of the molecule is CCC=CCC=CCC=CCC=CCC=CCCCC(=O)O[C@@H](CO)COC(=O)CCCCCCCCCCCCCC=CCCCCCCCC. The fraction of sp³-hybridized carbons (Fsp3) is 0.702. The second-order valence-corrected chi connectivity index (χ2v) is 14.0. The van der Waals surface area contributed by atoms with E-state index < -0.39 is 6.10 Å². The van der Waals surface area contributed by atoms with E-state index in [1.165, 1.54) is 103 Å². The lowest BCUT2D eigenvalue weighted by Crippen LogP contribution is -2.28. The third-order valence-corrected chi connectivity index (χ3v) is 8.98. The minimum Gasteiger partial charge on any atom is -0.462 e. The molecule has 0 saturated heterocycles. The van der Waals surface area contributed by atoms with Gasteiger partial charge >= 0.3 is 11.9 Å². The predicted octanol–water partition coefficient (Wildman–Crippen LogP) is 13.7. The quantitative estimate of drug-likeness (QED) is 0.0390. The van der Waals surface area contributed by atoms with E-state index in [2.05, 4.69) is 86.8 Å². The molecular formula is C47H80O5. The smallest absolute Gasteiger partial charge is 0.306 e. The van der Waals surface area contributed by atoms with Crippen LogP contribution >= 0.6 is 0 Å². The minimum absolute atomic E-state index is 0.0915. The van der Waals surface area contributed by atoms with Crippen LogP contribution < -0.4 is 0 Å². The molecule has 1 N–H and O–H groups in total. The second-order valence-electron chi connectivity index (χ2n) is 14.0. The van der Waals surface area contributed by atoms with E-state index in [4.69, 9.17) is 9.47 Å². The average molecular weight is 725 g/mol. The van der Waals surface area contributed by atoms with Crippen molar-refractivity contribution in [3.8, 4) is 0 Å². The first-order valence-electron chi connectivity index (χ1n) is 21.5. The van der Waals surface area contributed by atoms with Crippen LogP contribution in [0.5, 0.6) is 0 Å². The Bertz CT molecular complexity index is 957. The molecule has 1 atom stereocenters. The summed E-state index contributed by atoms with van der Waals surface area (Å²) < 4.78 is 10.6. The van der Waals surface area contributed by atoms with Gasteiger partial charge in [0.25, 0.3) is 0 Å². The van der Waals surface area contributed by atoms with E-state index in [0.717, 1.165) is 57.8 Å². The summed E-state index contributed by atoms with van der Waals surface area (Å²) in [6.45, 7) is 3.97. The summed E-state index contributed by atoms with van der Waals surface area (Å²) in [5, 5.41) is 9.57. The van der Waals surface area contributed by atoms with Gasteiger partial charge in [-0.1, -0.05) is 177 Å². The molecule has 0 aromatic carbocycles. The van der Waals surface area contributed by atoms with E-state index in [9.17, 15) is 14.7 Å². The van der Waals surface area contributed by atoms with E-state index in [-0.39, 0.29) is 31.6 Å². The predicted molar refractivity (Wildman–Crippen MR) is 223 cm³/mol. The van der Waals surface area contributed by atoms with Gasteiger partial charge in [0, 0.05) is 12.8 Å². The van der Waals surface area contributed by atoms with Crippen molar-refractivity contribution in [1.29, 1.82) is 0 Å². The Labute approximate surface area is 321 Å². The molecule has 0 fully saturated rings. The normalized spacial score (nSPS) is 12.9. The lowest BCUT2D eigenvalue weighted by Gasteiger charge is -2.15. The van der Waals surface area contributed by atoms with Crippen LogP contribution in [0, 0.1) is 0 Å². The van der Waals surface area contributed by atoms with Gasteiger partial charge in [-0.2, -0.15) is 0 Å². The Kier molecular flexibility index (Phi) is 40.6. The summed E-state index contributed by atoms with van der Waals surface area (Å²) >= 11 is 0. The van der Waals surface area contributed by atoms with Crippen molar-refractivity contribution in [3.63, 3.8) is 0 Å². The molecule has 0 aromatic rings. The van der Waals surface area contributed by atoms with Gasteiger partial charge in [-0.15, -0.1) is 0 Å². The minimum atomic E-state index is -0.804. The number of rotatable bonds is 38. The lowest BCUT2D eigenvalue weighted by molar-refractivity contribution is -0.161. The van der Waals surface area contributed by atoms with E-state index in [0.29, 0.717) is 12.8 Å². The molecule has 0 bridgehead atoms. The van der Waals surface area contributed by atoms with Crippen LogP contribution in [-0.2, 0) is 19.1 Å². The Balaban J connectivity index is 3.61. The molecular weight excluding hydrogens is 645 g/mol. The van der Waals surface area contributed by atoms with E-state index >= 15 is 0 Å². The van der Waals surface area contributed by atoms with Crippen LogP contribution in [0.1, 0.15) is 194 Å². The molecule has 0 rings (SSSR count). The first-order valence-corrected chi connectivity index (χ1v) is 21.5. The van der Waals surface area contributed by atoms with Crippen molar-refractivity contribution in [2.75, 3.05) is 13.2 Å². The highest BCUT2D eigenvalue weighted by Crippen LogP contribution is 2.14. The number of aliphatic hydroxyl groups excluding tert-OH is 1. The Morgan fingerprint density at radius 3 is 1.33 bits per heavy atom. The van der Waals surface area contributed by atoms with Crippen LogP contribution in [0.2, 0.25) is 0 Å². The number of carbonyl (C=O) groups excluding carboxylic acids is 2. The van der Waals surface area contributed by atoms with Crippen LogP contribution in [0.25, 0.3) is 0 Å². The lowest BCUT2D eigenvalue weighted by atomic mass is 10.0. The number of carbonyl (C=O) groups is 2. The van der Waals surface area contributed by atoms with Crippen LogP contribution in [0.15, 0.2) is 72.9 Å². The molecule has 0 heterocycles. The first kappa shape index (κ1) is 49.3. The maximum absolute atomic E-state index is 12.2. The topological polar surface area (TPSA) is 72.8 Å². The third-order valence-electron chi connectivity index (χ3n) is 8.98. The fourth-order valence-electron chi connectivity index (χ4n) is 5.76. The Hall–Kier alpha value is -2.66. The van der Waals surface area contributed by atoms with Gasteiger partial charge in [-0.3, -0.25) is 9.59 Å². The van der Waals surface area contributed by atoms with Crippen molar-refractivity contribution in [3.05, 3.63) is 72.9 Å². The standard InChI is InChI=1S/C47H80O5/c1-3-5-7-9-11-13-15-17-19-21-22-23-24-26-27-29-31-33-35-37-39-41-46(49)51-44-45(43-48)52-47(50)42-40-38-36-34-32-30-28-25-20-18-16-14-12-10-8-6-4-2/h6,8,12,14,17-20,28,30,34,36,45,48H,3-5,7,9-11,13,15-16,21-27,29,31-33,35,37-44H2,1-2H3/t45-/m0/s1. The number of aliphatic hydroxyl groups is 1. The maximum Gasteiger partial charge on any atom is 0.306 e. The van der Waals surface area contributed by atoms with Crippen molar-refractivity contribution in [1.82, 2.24) is 0 Å². The molecule has 0 aromatic heterocycles. The van der Waals surface area contributed by atoms with Gasteiger partial charge in [-0.05, 0) is 77.0 Å². The van der Waals surface area contributed by atoms with Gasteiger partial charge in [0.05, 0.1) is 6.61 Å². The van der Waals surface area contributed by atoms with Crippen molar-refractivity contribution < 1.29 is 24.2 Å². The van der Waals surface area contributed by atoms with Crippen LogP contribution in [0.3, 0.4) is 0 Å². The summed E-state index contributed by atoms with van der Waals surface area (Å²) in [4.78, 5) is 24.3. The van der Waals surface area contributed by atoms with Crippen molar-refractivity contribution in [2.45, 2.75) is 200 Å². The van der Waals surface area contributed by atoms with Crippen molar-refractivity contribution >= 4 is 11.9 Å². The highest BCUT2D eigenvalue weighted by atomic mass is 16.6. The summed E-state index contributed by atoms with van der Waals surface area (Å²) in [7, 11) is 0. The van der Waals surface area contributed by atoms with Crippen LogP contribution in [0.4, 0.5) is 0 Å². The molecule has 0 spiro atoms. The summed E-state index contributed by atoms with van der Waals surface area (Å²) in [5.41, 5.74) is 0. The fourth-order valence-corrected chi connectivity index (χ4v) is 5.76. The average Bonchev–Trinajstić information content (AvgIpc) is 3.15. The molecule has 0 unspecified atom stereocenters. The molecule has 298 valence electrons. The highest BCUT2D eigenvalue weighted by molar-refractivity contribution is 5.70. The van der Waals surface area contributed by atoms with Crippen LogP contribution in [-0.4, -0.2) is 36.4 Å². The largest absolute Gasteiger partial charge is 0.462 e. The third kappa shape index (κ3) is 40.1. The molecule has 0 aliphatic rings. The molecule has 0 aliphatic carbocycles. The zero-order chi connectivity index (χ0) is 37.8. The number of unbranched alkanes of at least 4 members (excludes halogenated alkanes) is 18. The summed E-state index contributed by atoms with van der Waals surface area (Å²) in [6, 6.07) is 0. The van der Waals surface area contributed by atoms with Gasteiger partial charge in [-0.25, -0.2) is 0 Å². The zero-order valence-corrected chi connectivity index (χ0v) is 33.8. The summed E-state index contributed by atoms with van der Waals surface area (Å²) in [5.74, 6) is -0.662. The number of hydrogen-bond acceptors (Lipinski definition) is 5. The Morgan fingerprint density at radius 1 is 0.462 bits per heavy atom. The molecule has 0 aliphatic heterocycles. The maximum atomic E-state index is 12.2. The Morgan fingerprint density at radius 2 is 0.846 bits per heavy atom. The van der Waals surface area contributed by atoms with Gasteiger partial charge in [0.15, 0.2) is 6.10 Å². The molecule has 5 nitrogen and oxygen atoms in total. The number of esters is 2. The molecule has 0 radical (unpaired) electrons. The molecule has 52 heavy (non-hydrogen) atoms. The highest BCUT2D eigenvalue weighted by Gasteiger charge is 2.16. The number of ether oxygens (including phenoxy) is 2. The first-order chi connectivity index (χ1) is 25.6. The zero-order valence-electron chi connectivity index (χ0n) is 33.8. The van der Waals surface area contributed by atoms with Gasteiger partial charge < -0.3 is 14.6 Å².